The number of nitrogens with zero attached hydrogens (tertiary/aromatic N) is 1. The molecule has 4 nitrogen and oxygen atoms in total. The summed E-state index contributed by atoms with van der Waals surface area (Å²) in [7, 11) is 1.55. The van der Waals surface area contributed by atoms with Gasteiger partial charge in [0.05, 0.1) is 5.69 Å². The molecule has 0 bridgehead atoms. The molecular weight excluding hydrogens is 120 g/mol. The standard InChI is InChI=1S/C5H8N2O2/c1-3-4(8)5(9)7(2)6-3/h6,8H,1-2H3. The third-order valence-electron chi connectivity index (χ3n) is 1.20. The van der Waals surface area contributed by atoms with E-state index in [1.807, 2.05) is 0 Å². The van der Waals surface area contributed by atoms with E-state index < -0.39 is 0 Å². The largest absolute Gasteiger partial charge is 0.502 e. The van der Waals surface area contributed by atoms with E-state index in [2.05, 4.69) is 5.10 Å². The minimum absolute atomic E-state index is 0.197. The maximum Gasteiger partial charge on any atom is 0.308 e. The first kappa shape index (κ1) is 5.94. The van der Waals surface area contributed by atoms with Crippen LogP contribution in [0, 0.1) is 6.92 Å². The molecule has 0 aliphatic rings. The van der Waals surface area contributed by atoms with Gasteiger partial charge in [0, 0.05) is 7.05 Å². The summed E-state index contributed by atoms with van der Waals surface area (Å²) in [5.41, 5.74) is 0.120. The Morgan fingerprint density at radius 3 is 2.33 bits per heavy atom. The SMILES string of the molecule is Cc1[nH]n(C)c(=O)c1O. The van der Waals surface area contributed by atoms with Gasteiger partial charge in [0.2, 0.25) is 5.75 Å². The summed E-state index contributed by atoms with van der Waals surface area (Å²) in [5, 5.41) is 11.5. The Balaban J connectivity index is 3.48. The maximum atomic E-state index is 10.7. The Bertz CT molecular complexity index is 271. The zero-order chi connectivity index (χ0) is 7.02. The molecule has 9 heavy (non-hydrogen) atoms. The van der Waals surface area contributed by atoms with Crippen molar-refractivity contribution in [1.29, 1.82) is 0 Å². The van der Waals surface area contributed by atoms with Gasteiger partial charge in [0.15, 0.2) is 0 Å². The molecule has 0 unspecified atom stereocenters. The Morgan fingerprint density at radius 2 is 2.22 bits per heavy atom. The molecule has 0 aliphatic heterocycles. The van der Waals surface area contributed by atoms with Crippen molar-refractivity contribution in [2.75, 3.05) is 0 Å². The van der Waals surface area contributed by atoms with Crippen LogP contribution in [0.3, 0.4) is 0 Å². The van der Waals surface area contributed by atoms with Gasteiger partial charge in [-0.2, -0.15) is 0 Å². The summed E-state index contributed by atoms with van der Waals surface area (Å²) in [6.07, 6.45) is 0. The van der Waals surface area contributed by atoms with Crippen molar-refractivity contribution in [1.82, 2.24) is 9.78 Å². The number of rotatable bonds is 0. The van der Waals surface area contributed by atoms with E-state index in [1.165, 1.54) is 4.68 Å². The van der Waals surface area contributed by atoms with Crippen molar-refractivity contribution in [3.63, 3.8) is 0 Å². The lowest BCUT2D eigenvalue weighted by Crippen LogP contribution is -2.10. The minimum atomic E-state index is -0.382. The lowest BCUT2D eigenvalue weighted by molar-refractivity contribution is 0.465. The number of aromatic amines is 1. The number of H-pyrrole nitrogens is 1. The maximum absolute atomic E-state index is 10.7. The molecule has 1 rings (SSSR count). The van der Waals surface area contributed by atoms with Crippen LogP contribution in [0.4, 0.5) is 0 Å². The quantitative estimate of drug-likeness (QED) is 0.505. The number of aryl methyl sites for hydroxylation is 2. The summed E-state index contributed by atoms with van der Waals surface area (Å²) >= 11 is 0. The van der Waals surface area contributed by atoms with Gasteiger partial charge in [0.25, 0.3) is 0 Å². The van der Waals surface area contributed by atoms with E-state index in [9.17, 15) is 4.79 Å². The van der Waals surface area contributed by atoms with Crippen molar-refractivity contribution < 1.29 is 5.11 Å². The highest BCUT2D eigenvalue weighted by Gasteiger charge is 2.03. The van der Waals surface area contributed by atoms with Gasteiger partial charge < -0.3 is 5.11 Å². The van der Waals surface area contributed by atoms with Crippen LogP contribution in [-0.2, 0) is 7.05 Å². The fraction of sp³-hybridized carbons (Fsp3) is 0.400. The average Bonchev–Trinajstić information content (AvgIpc) is 1.98. The highest BCUT2D eigenvalue weighted by atomic mass is 16.3. The van der Waals surface area contributed by atoms with Gasteiger partial charge in [-0.15, -0.1) is 0 Å². The van der Waals surface area contributed by atoms with E-state index in [0.717, 1.165) is 0 Å². The third-order valence-corrected chi connectivity index (χ3v) is 1.20. The Morgan fingerprint density at radius 1 is 1.67 bits per heavy atom. The molecule has 0 spiro atoms. The lowest BCUT2D eigenvalue weighted by atomic mass is 10.4. The van der Waals surface area contributed by atoms with Crippen molar-refractivity contribution in [2.24, 2.45) is 7.05 Å². The van der Waals surface area contributed by atoms with Crippen LogP contribution in [0.25, 0.3) is 0 Å². The Hall–Kier alpha value is -1.19. The van der Waals surface area contributed by atoms with Gasteiger partial charge in [-0.25, -0.2) is 0 Å². The summed E-state index contributed by atoms with van der Waals surface area (Å²) in [5.74, 6) is -0.197. The summed E-state index contributed by atoms with van der Waals surface area (Å²) in [4.78, 5) is 10.7. The molecule has 2 N–H and O–H groups in total. The number of hydrogen-bond acceptors (Lipinski definition) is 2. The topological polar surface area (TPSA) is 58.0 Å². The molecule has 0 radical (unpaired) electrons. The first-order valence-corrected chi connectivity index (χ1v) is 2.57. The molecule has 1 heterocycles. The van der Waals surface area contributed by atoms with E-state index >= 15 is 0 Å². The average molecular weight is 128 g/mol. The second kappa shape index (κ2) is 1.65. The van der Waals surface area contributed by atoms with Crippen LogP contribution in [-0.4, -0.2) is 14.9 Å². The van der Waals surface area contributed by atoms with Crippen molar-refractivity contribution in [2.45, 2.75) is 6.92 Å². The molecule has 0 aliphatic carbocycles. The van der Waals surface area contributed by atoms with Gasteiger partial charge in [-0.1, -0.05) is 0 Å². The van der Waals surface area contributed by atoms with Crippen LogP contribution < -0.4 is 5.56 Å². The number of hydrogen-bond donors (Lipinski definition) is 2. The van der Waals surface area contributed by atoms with Crippen LogP contribution in [0.2, 0.25) is 0 Å². The highest BCUT2D eigenvalue weighted by molar-refractivity contribution is 5.20. The molecule has 0 aromatic carbocycles. The zero-order valence-corrected chi connectivity index (χ0v) is 5.30. The first-order chi connectivity index (χ1) is 4.13. The second-order valence-electron chi connectivity index (χ2n) is 1.95. The number of aromatic hydroxyl groups is 1. The predicted molar refractivity (Wildman–Crippen MR) is 32.4 cm³/mol. The van der Waals surface area contributed by atoms with Gasteiger partial charge in [-0.3, -0.25) is 14.6 Å². The van der Waals surface area contributed by atoms with Crippen molar-refractivity contribution in [3.05, 3.63) is 16.0 Å². The molecule has 0 amide bonds. The molecular formula is C5H8N2O2. The third kappa shape index (κ3) is 0.718. The molecule has 0 fully saturated rings. The Kier molecular flexibility index (Phi) is 1.09. The van der Waals surface area contributed by atoms with Crippen molar-refractivity contribution >= 4 is 0 Å². The molecule has 0 saturated carbocycles. The smallest absolute Gasteiger partial charge is 0.308 e. The number of aromatic nitrogens is 2. The second-order valence-corrected chi connectivity index (χ2v) is 1.95. The summed E-state index contributed by atoms with van der Waals surface area (Å²) < 4.78 is 1.23. The molecule has 1 aromatic heterocycles. The van der Waals surface area contributed by atoms with Crippen LogP contribution in [0.15, 0.2) is 4.79 Å². The monoisotopic (exact) mass is 128 g/mol. The van der Waals surface area contributed by atoms with E-state index in [-0.39, 0.29) is 11.3 Å². The summed E-state index contributed by atoms with van der Waals surface area (Å²) in [6.45, 7) is 1.64. The zero-order valence-electron chi connectivity index (χ0n) is 5.30. The van der Waals surface area contributed by atoms with Gasteiger partial charge in [-0.05, 0) is 6.92 Å². The first-order valence-electron chi connectivity index (χ1n) is 2.57. The van der Waals surface area contributed by atoms with E-state index in [1.54, 1.807) is 14.0 Å². The molecule has 50 valence electrons. The molecule has 1 aromatic rings. The minimum Gasteiger partial charge on any atom is -0.502 e. The van der Waals surface area contributed by atoms with Crippen LogP contribution in [0.1, 0.15) is 5.69 Å². The number of nitrogens with one attached hydrogen (secondary N) is 1. The van der Waals surface area contributed by atoms with Gasteiger partial charge >= 0.3 is 5.56 Å². The Labute approximate surface area is 51.7 Å². The fourth-order valence-corrected chi connectivity index (χ4v) is 0.675. The lowest BCUT2D eigenvalue weighted by Gasteiger charge is -1.82. The predicted octanol–water partition coefficient (Wildman–Crippen LogP) is -0.273. The van der Waals surface area contributed by atoms with Crippen LogP contribution >= 0.6 is 0 Å². The molecule has 0 atom stereocenters. The van der Waals surface area contributed by atoms with E-state index in [0.29, 0.717) is 5.69 Å². The molecule has 4 heteroatoms. The van der Waals surface area contributed by atoms with Crippen LogP contribution in [0.5, 0.6) is 5.75 Å². The normalized spacial score (nSPS) is 10.0. The highest BCUT2D eigenvalue weighted by Crippen LogP contribution is 2.03. The van der Waals surface area contributed by atoms with Gasteiger partial charge in [0.1, 0.15) is 0 Å². The molecule has 0 saturated heterocycles. The summed E-state index contributed by atoms with van der Waals surface area (Å²) in [6, 6.07) is 0. The fourth-order valence-electron chi connectivity index (χ4n) is 0.675. The van der Waals surface area contributed by atoms with Crippen molar-refractivity contribution in [3.8, 4) is 5.75 Å². The van der Waals surface area contributed by atoms with E-state index in [4.69, 9.17) is 5.11 Å².